The van der Waals surface area contributed by atoms with Gasteiger partial charge >= 0.3 is 11.9 Å². The van der Waals surface area contributed by atoms with E-state index in [-0.39, 0.29) is 23.3 Å². The SMILES string of the molecule is C=CCOc1ccc(C2C(C(=O)OCC)=C(C)N=c3sc(=Cc4ccc(-c5cc(C(=O)O)ccc5Cl)o4)c(=O)n32)cc1. The van der Waals surface area contributed by atoms with Crippen LogP contribution in [0.3, 0.4) is 0 Å². The molecule has 9 nitrogen and oxygen atoms in total. The number of carboxylic acid groups (broad SMARTS) is 1. The Morgan fingerprint density at radius 2 is 1.95 bits per heavy atom. The van der Waals surface area contributed by atoms with Crippen molar-refractivity contribution in [2.75, 3.05) is 13.2 Å². The third kappa shape index (κ3) is 5.59. The molecular formula is C31H25ClN2O7S. The molecule has 2 aromatic heterocycles. The van der Waals surface area contributed by atoms with Crippen LogP contribution < -0.4 is 19.6 Å². The van der Waals surface area contributed by atoms with E-state index in [1.165, 1.54) is 22.8 Å². The number of esters is 1. The standard InChI is InChI=1S/C31H25ClN2O7S/c1-4-14-40-20-9-6-18(7-10-20)27-26(30(38)39-5-2)17(3)33-31-34(27)28(35)25(42-31)16-21-11-13-24(41-21)22-15-19(29(36)37)8-12-23(22)32/h4,6-13,15-16,27H,1,5,14H2,2-3H3,(H,36,37). The molecule has 5 rings (SSSR count). The minimum Gasteiger partial charge on any atom is -0.490 e. The summed E-state index contributed by atoms with van der Waals surface area (Å²) in [5.41, 5.74) is 1.50. The average Bonchev–Trinajstić information content (AvgIpc) is 3.55. The van der Waals surface area contributed by atoms with Gasteiger partial charge in [-0.15, -0.1) is 0 Å². The molecule has 1 aliphatic rings. The van der Waals surface area contributed by atoms with Crippen LogP contribution in [-0.4, -0.2) is 34.8 Å². The quantitative estimate of drug-likeness (QED) is 0.211. The maximum absolute atomic E-state index is 13.8. The number of aromatic carboxylic acids is 1. The van der Waals surface area contributed by atoms with E-state index in [4.69, 9.17) is 25.5 Å². The normalized spacial score (nSPS) is 14.7. The van der Waals surface area contributed by atoms with Crippen LogP contribution in [0.5, 0.6) is 5.75 Å². The number of furan rings is 1. The molecule has 1 unspecified atom stereocenters. The molecular weight excluding hydrogens is 580 g/mol. The Hall–Kier alpha value is -4.67. The first-order valence-corrected chi connectivity index (χ1v) is 14.1. The fraction of sp³-hybridized carbons (Fsp3) is 0.161. The number of hydrogen-bond donors (Lipinski definition) is 1. The number of carbonyl (C=O) groups is 2. The Balaban J connectivity index is 1.60. The minimum atomic E-state index is -1.09. The number of thiazole rings is 1. The number of nitrogens with zero attached hydrogens (tertiary/aromatic N) is 2. The highest BCUT2D eigenvalue weighted by Gasteiger charge is 2.33. The molecule has 0 saturated carbocycles. The first kappa shape index (κ1) is 28.8. The predicted molar refractivity (Wildman–Crippen MR) is 159 cm³/mol. The van der Waals surface area contributed by atoms with Crippen LogP contribution >= 0.6 is 22.9 Å². The Kier molecular flexibility index (Phi) is 8.28. The third-order valence-corrected chi connectivity index (χ3v) is 7.77. The number of carboxylic acids is 1. The Morgan fingerprint density at radius 1 is 1.19 bits per heavy atom. The van der Waals surface area contributed by atoms with Gasteiger partial charge in [0.15, 0.2) is 4.80 Å². The van der Waals surface area contributed by atoms with Crippen molar-refractivity contribution in [3.8, 4) is 17.1 Å². The van der Waals surface area contributed by atoms with Crippen LogP contribution in [0.1, 0.15) is 41.6 Å². The Labute approximate surface area is 248 Å². The second-order valence-electron chi connectivity index (χ2n) is 9.17. The molecule has 1 atom stereocenters. The van der Waals surface area contributed by atoms with E-state index in [0.717, 1.165) is 11.3 Å². The summed E-state index contributed by atoms with van der Waals surface area (Å²) in [6.07, 6.45) is 3.22. The van der Waals surface area contributed by atoms with Gasteiger partial charge < -0.3 is 19.0 Å². The number of carbonyl (C=O) groups excluding carboxylic acids is 1. The molecule has 0 saturated heterocycles. The average molecular weight is 605 g/mol. The number of aromatic nitrogens is 1. The van der Waals surface area contributed by atoms with Crippen molar-refractivity contribution in [2.24, 2.45) is 4.99 Å². The molecule has 42 heavy (non-hydrogen) atoms. The summed E-state index contributed by atoms with van der Waals surface area (Å²) in [6.45, 7) is 7.59. The van der Waals surface area contributed by atoms with Gasteiger partial charge in [0.1, 0.15) is 23.9 Å². The van der Waals surface area contributed by atoms with Gasteiger partial charge in [-0.1, -0.05) is 47.7 Å². The van der Waals surface area contributed by atoms with Gasteiger partial charge in [0.05, 0.1) is 39.0 Å². The predicted octanol–water partition coefficient (Wildman–Crippen LogP) is 4.97. The number of hydrogen-bond acceptors (Lipinski definition) is 8. The van der Waals surface area contributed by atoms with Gasteiger partial charge in [0.25, 0.3) is 5.56 Å². The van der Waals surface area contributed by atoms with Crippen molar-refractivity contribution in [2.45, 2.75) is 19.9 Å². The van der Waals surface area contributed by atoms with Gasteiger partial charge in [0, 0.05) is 11.6 Å². The van der Waals surface area contributed by atoms with E-state index < -0.39 is 18.0 Å². The van der Waals surface area contributed by atoms with E-state index >= 15 is 0 Å². The van der Waals surface area contributed by atoms with E-state index in [1.54, 1.807) is 62.4 Å². The fourth-order valence-electron chi connectivity index (χ4n) is 4.56. The van der Waals surface area contributed by atoms with Crippen LogP contribution in [0, 0.1) is 0 Å². The van der Waals surface area contributed by atoms with E-state index in [2.05, 4.69) is 11.6 Å². The lowest BCUT2D eigenvalue weighted by Crippen LogP contribution is -2.39. The second kappa shape index (κ2) is 12.1. The van der Waals surface area contributed by atoms with Gasteiger partial charge in [-0.3, -0.25) is 9.36 Å². The van der Waals surface area contributed by atoms with Gasteiger partial charge in [0.2, 0.25) is 0 Å². The summed E-state index contributed by atoms with van der Waals surface area (Å²) in [4.78, 5) is 43.3. The number of rotatable bonds is 9. The van der Waals surface area contributed by atoms with Crippen LogP contribution in [0.4, 0.5) is 0 Å². The number of halogens is 1. The molecule has 0 bridgehead atoms. The van der Waals surface area contributed by atoms with E-state index in [0.29, 0.717) is 55.1 Å². The van der Waals surface area contributed by atoms with Crippen molar-refractivity contribution in [1.29, 1.82) is 0 Å². The summed E-state index contributed by atoms with van der Waals surface area (Å²) in [5.74, 6) is -0.326. The zero-order valence-electron chi connectivity index (χ0n) is 22.6. The Morgan fingerprint density at radius 3 is 2.64 bits per heavy atom. The zero-order chi connectivity index (χ0) is 30.0. The lowest BCUT2D eigenvalue weighted by Gasteiger charge is -2.24. The lowest BCUT2D eigenvalue weighted by molar-refractivity contribution is -0.139. The fourth-order valence-corrected chi connectivity index (χ4v) is 5.80. The van der Waals surface area contributed by atoms with E-state index in [9.17, 15) is 19.5 Å². The first-order chi connectivity index (χ1) is 20.2. The van der Waals surface area contributed by atoms with Gasteiger partial charge in [-0.05, 0) is 61.9 Å². The third-order valence-electron chi connectivity index (χ3n) is 6.46. The first-order valence-electron chi connectivity index (χ1n) is 12.9. The lowest BCUT2D eigenvalue weighted by atomic mass is 9.96. The minimum absolute atomic E-state index is 0.0636. The molecule has 0 amide bonds. The highest BCUT2D eigenvalue weighted by atomic mass is 35.5. The van der Waals surface area contributed by atoms with E-state index in [1.807, 2.05) is 0 Å². The number of allylic oxidation sites excluding steroid dienone is 1. The second-order valence-corrected chi connectivity index (χ2v) is 10.6. The molecule has 0 aliphatic carbocycles. The summed E-state index contributed by atoms with van der Waals surface area (Å²) in [7, 11) is 0. The van der Waals surface area contributed by atoms with Crippen LogP contribution in [0.15, 0.2) is 92.7 Å². The smallest absolute Gasteiger partial charge is 0.338 e. The van der Waals surface area contributed by atoms with Crippen molar-refractivity contribution in [3.63, 3.8) is 0 Å². The molecule has 0 fully saturated rings. The monoisotopic (exact) mass is 604 g/mol. The highest BCUT2D eigenvalue weighted by molar-refractivity contribution is 7.07. The van der Waals surface area contributed by atoms with Crippen molar-refractivity contribution < 1.29 is 28.6 Å². The molecule has 0 radical (unpaired) electrons. The van der Waals surface area contributed by atoms with Crippen LogP contribution in [-0.2, 0) is 9.53 Å². The summed E-state index contributed by atoms with van der Waals surface area (Å²) < 4.78 is 18.7. The topological polar surface area (TPSA) is 120 Å². The molecule has 1 aliphatic heterocycles. The maximum atomic E-state index is 13.8. The zero-order valence-corrected chi connectivity index (χ0v) is 24.2. The Bertz CT molecular complexity index is 1920. The molecule has 214 valence electrons. The van der Waals surface area contributed by atoms with Crippen molar-refractivity contribution >= 4 is 41.0 Å². The van der Waals surface area contributed by atoms with Crippen molar-refractivity contribution in [1.82, 2.24) is 4.57 Å². The molecule has 4 aromatic rings. The van der Waals surface area contributed by atoms with Crippen molar-refractivity contribution in [3.05, 3.63) is 120 Å². The summed E-state index contributed by atoms with van der Waals surface area (Å²) in [5, 5.41) is 9.67. The largest absolute Gasteiger partial charge is 0.490 e. The molecule has 0 spiro atoms. The molecule has 11 heteroatoms. The van der Waals surface area contributed by atoms with Crippen LogP contribution in [0.25, 0.3) is 17.4 Å². The number of ether oxygens (including phenoxy) is 2. The summed E-state index contributed by atoms with van der Waals surface area (Å²) >= 11 is 7.46. The number of fused-ring (bicyclic) bond motifs is 1. The highest BCUT2D eigenvalue weighted by Crippen LogP contribution is 2.32. The number of benzene rings is 2. The molecule has 3 heterocycles. The maximum Gasteiger partial charge on any atom is 0.338 e. The summed E-state index contributed by atoms with van der Waals surface area (Å²) in [6, 6.07) is 14.0. The molecule has 1 N–H and O–H groups in total. The van der Waals surface area contributed by atoms with Gasteiger partial charge in [-0.2, -0.15) is 0 Å². The molecule has 2 aromatic carbocycles. The van der Waals surface area contributed by atoms with Gasteiger partial charge in [-0.25, -0.2) is 14.6 Å². The van der Waals surface area contributed by atoms with Crippen LogP contribution in [0.2, 0.25) is 5.02 Å².